The molecule has 0 spiro atoms. The van der Waals surface area contributed by atoms with Crippen LogP contribution in [0.4, 0.5) is 5.95 Å². The van der Waals surface area contributed by atoms with Crippen LogP contribution in [0.1, 0.15) is 11.6 Å². The Kier molecular flexibility index (Phi) is 7.50. The van der Waals surface area contributed by atoms with Crippen LogP contribution in [-0.4, -0.2) is 108 Å². The molecule has 10 atom stereocenters. The topological polar surface area (TPSA) is 314 Å². The number of aliphatic hydroxyl groups is 2. The number of phosphoric acid groups is 2. The third-order valence-electron chi connectivity index (χ3n) is 7.30. The van der Waals surface area contributed by atoms with E-state index in [1.807, 2.05) is 0 Å². The number of hydrogen-bond acceptors (Lipinski definition) is 17. The number of nitrogens with one attached hydrogen (secondary N) is 2. The van der Waals surface area contributed by atoms with Crippen LogP contribution >= 0.6 is 27.4 Å². The van der Waals surface area contributed by atoms with E-state index in [4.69, 9.17) is 28.6 Å². The Balaban J connectivity index is 1.21. The van der Waals surface area contributed by atoms with E-state index in [-0.39, 0.29) is 28.3 Å². The number of aromatic nitrogens is 8. The summed E-state index contributed by atoms with van der Waals surface area (Å²) in [6.45, 7) is -1.48. The minimum Gasteiger partial charge on any atom is -0.389 e. The van der Waals surface area contributed by atoms with Crippen molar-refractivity contribution in [3.8, 4) is 0 Å². The van der Waals surface area contributed by atoms with Crippen molar-refractivity contribution in [3.05, 3.63) is 39.7 Å². The molecule has 0 aromatic carbocycles. The molecule has 7 heterocycles. The average Bonchev–Trinajstić information content (AvgIpc) is 3.72. The quantitative estimate of drug-likeness (QED) is 0.113. The number of H-pyrrole nitrogens is 2. The number of phosphoric ester groups is 2. The van der Waals surface area contributed by atoms with Crippen molar-refractivity contribution in [2.75, 3.05) is 18.9 Å². The SMILES string of the molecule is Nc1nc2c(ncn2[C@@H]2S[C@@H]3COP(=O)(O)O[C@@H]4C(COP(=O)(O)O[C@@H]2[C@@H]3O)O[C@@H](n2cnc3c(=O)[nH]cnc32)[C@@H]4O)c(=O)[nH]1. The summed E-state index contributed by atoms with van der Waals surface area (Å²) in [5.74, 6) is -0.246. The number of thioether (sulfide) groups is 1. The van der Waals surface area contributed by atoms with Gasteiger partial charge in [0.1, 0.15) is 29.8 Å². The van der Waals surface area contributed by atoms with E-state index in [2.05, 4.69) is 29.9 Å². The second-order valence-corrected chi connectivity index (χ2v) is 14.3. The lowest BCUT2D eigenvalue weighted by atomic mass is 10.1. The Hall–Kier alpha value is -3.05. The Morgan fingerprint density at radius 3 is 2.33 bits per heavy atom. The summed E-state index contributed by atoms with van der Waals surface area (Å²) in [5, 5.41) is 20.0. The van der Waals surface area contributed by atoms with Crippen LogP contribution < -0.4 is 16.9 Å². The maximum absolute atomic E-state index is 13.2. The molecule has 3 saturated heterocycles. The van der Waals surface area contributed by atoms with E-state index >= 15 is 0 Å². The first-order chi connectivity index (χ1) is 21.3. The molecule has 7 rings (SSSR count). The second-order valence-electron chi connectivity index (χ2n) is 10.1. The summed E-state index contributed by atoms with van der Waals surface area (Å²) in [5.41, 5.74) is 4.19. The number of hydrogen-bond donors (Lipinski definition) is 7. The highest BCUT2D eigenvalue weighted by atomic mass is 32.2. The number of ether oxygens (including phenoxy) is 1. The standard InChI is InChI=1S/C20H23N9O13P2S/c21-20-26-15-9(17(33)27-20)25-5-29(15)19-13-10(30)7(45-19)2-39-44(36,37)41-12-6(1-38-43(34,35)42-13)40-18(11(12)31)28-4-24-8-14(28)22-3-23-16(8)32/h3-7,10-13,18-19,30-31H,1-2H2,(H,34,35)(H,36,37)(H,22,23,32)(H3,21,26,27,33)/t6?,7-,10-,11-,12-,13-,18-,19-/m1/s1. The lowest BCUT2D eigenvalue weighted by Crippen LogP contribution is -2.36. The van der Waals surface area contributed by atoms with E-state index in [0.29, 0.717) is 0 Å². The number of aliphatic hydroxyl groups excluding tert-OH is 2. The number of imidazole rings is 2. The van der Waals surface area contributed by atoms with Crippen LogP contribution in [0.2, 0.25) is 0 Å². The summed E-state index contributed by atoms with van der Waals surface area (Å²) in [7, 11) is -10.1. The molecular formula is C20H23N9O13P2S. The van der Waals surface area contributed by atoms with Gasteiger partial charge in [-0.05, 0) is 0 Å². The van der Waals surface area contributed by atoms with Crippen molar-refractivity contribution in [2.24, 2.45) is 0 Å². The highest BCUT2D eigenvalue weighted by Gasteiger charge is 2.53. The summed E-state index contributed by atoms with van der Waals surface area (Å²) in [6, 6.07) is 0. The van der Waals surface area contributed by atoms with Crippen LogP contribution in [-0.2, 0) is 32.0 Å². The fraction of sp³-hybridized carbons (Fsp3) is 0.500. The minimum absolute atomic E-state index is 0.00370. The third kappa shape index (κ3) is 5.43. The Morgan fingerprint density at radius 2 is 1.58 bits per heavy atom. The van der Waals surface area contributed by atoms with Gasteiger partial charge in [0.15, 0.2) is 28.6 Å². The molecular weight excluding hydrogens is 668 g/mol. The molecule has 8 N–H and O–H groups in total. The Labute approximate surface area is 252 Å². The monoisotopic (exact) mass is 691 g/mol. The van der Waals surface area contributed by atoms with Crippen LogP contribution in [0.5, 0.6) is 0 Å². The third-order valence-corrected chi connectivity index (χ3v) is 10.8. The molecule has 3 aliphatic heterocycles. The first kappa shape index (κ1) is 30.6. The molecule has 45 heavy (non-hydrogen) atoms. The Morgan fingerprint density at radius 1 is 0.911 bits per heavy atom. The van der Waals surface area contributed by atoms with Crippen LogP contribution in [0, 0.1) is 0 Å². The summed E-state index contributed by atoms with van der Waals surface area (Å²) in [6.07, 6.45) is -6.03. The average molecular weight is 691 g/mol. The predicted octanol–water partition coefficient (Wildman–Crippen LogP) is -1.91. The molecule has 3 unspecified atom stereocenters. The molecule has 22 nitrogen and oxygen atoms in total. The molecule has 2 bridgehead atoms. The second kappa shape index (κ2) is 11.0. The van der Waals surface area contributed by atoms with Gasteiger partial charge in [-0.25, -0.2) is 24.1 Å². The van der Waals surface area contributed by atoms with Crippen molar-refractivity contribution in [3.63, 3.8) is 0 Å². The van der Waals surface area contributed by atoms with E-state index in [1.165, 1.54) is 15.5 Å². The predicted molar refractivity (Wildman–Crippen MR) is 148 cm³/mol. The smallest absolute Gasteiger partial charge is 0.389 e. The van der Waals surface area contributed by atoms with Crippen LogP contribution in [0.3, 0.4) is 0 Å². The van der Waals surface area contributed by atoms with Gasteiger partial charge in [0, 0.05) is 0 Å². The highest BCUT2D eigenvalue weighted by molar-refractivity contribution is 8.00. The summed E-state index contributed by atoms with van der Waals surface area (Å²) >= 11 is 0.895. The van der Waals surface area contributed by atoms with Crippen LogP contribution in [0.15, 0.2) is 28.6 Å². The zero-order valence-electron chi connectivity index (χ0n) is 22.3. The van der Waals surface area contributed by atoms with Crippen molar-refractivity contribution in [2.45, 2.75) is 47.4 Å². The normalized spacial score (nSPS) is 37.7. The molecule has 3 aliphatic rings. The molecule has 25 heteroatoms. The first-order valence-electron chi connectivity index (χ1n) is 12.9. The largest absolute Gasteiger partial charge is 0.472 e. The number of nitrogen functional groups attached to an aromatic ring is 1. The number of fused-ring (bicyclic) bond motifs is 5. The number of rotatable bonds is 2. The van der Waals surface area contributed by atoms with Gasteiger partial charge in [0.2, 0.25) is 5.95 Å². The van der Waals surface area contributed by atoms with Crippen molar-refractivity contribution < 1.29 is 52.0 Å². The van der Waals surface area contributed by atoms with Crippen molar-refractivity contribution in [1.29, 1.82) is 0 Å². The van der Waals surface area contributed by atoms with Gasteiger partial charge in [-0.2, -0.15) is 4.98 Å². The van der Waals surface area contributed by atoms with E-state index in [0.717, 1.165) is 24.4 Å². The molecule has 0 amide bonds. The van der Waals surface area contributed by atoms with Gasteiger partial charge in [0.05, 0.1) is 43.5 Å². The summed E-state index contributed by atoms with van der Waals surface area (Å²) < 4.78 is 55.6. The van der Waals surface area contributed by atoms with Gasteiger partial charge in [-0.1, -0.05) is 0 Å². The Bertz CT molecular complexity index is 2000. The van der Waals surface area contributed by atoms with Gasteiger partial charge in [-0.15, -0.1) is 11.8 Å². The summed E-state index contributed by atoms with van der Waals surface area (Å²) in [4.78, 5) is 66.4. The molecule has 3 fully saturated rings. The minimum atomic E-state index is -5.07. The molecule has 0 aliphatic carbocycles. The molecule has 0 radical (unpaired) electrons. The van der Waals surface area contributed by atoms with Gasteiger partial charge >= 0.3 is 15.6 Å². The molecule has 4 aromatic rings. The molecule has 242 valence electrons. The zero-order valence-corrected chi connectivity index (χ0v) is 24.9. The van der Waals surface area contributed by atoms with Crippen molar-refractivity contribution in [1.82, 2.24) is 39.0 Å². The van der Waals surface area contributed by atoms with E-state index in [9.17, 15) is 38.7 Å². The first-order valence-corrected chi connectivity index (χ1v) is 16.9. The van der Waals surface area contributed by atoms with E-state index < -0.39 is 87.3 Å². The lowest BCUT2D eigenvalue weighted by molar-refractivity contribution is -0.0547. The number of nitrogens with zero attached hydrogens (tertiary/aromatic N) is 6. The maximum Gasteiger partial charge on any atom is 0.472 e. The number of nitrogens with two attached hydrogens (primary N) is 1. The van der Waals surface area contributed by atoms with Crippen molar-refractivity contribution >= 4 is 55.7 Å². The maximum atomic E-state index is 13.2. The molecule has 0 saturated carbocycles. The van der Waals surface area contributed by atoms with E-state index in [1.54, 1.807) is 0 Å². The lowest BCUT2D eigenvalue weighted by Gasteiger charge is -2.26. The van der Waals surface area contributed by atoms with Gasteiger partial charge in [0.25, 0.3) is 11.1 Å². The number of anilines is 1. The van der Waals surface area contributed by atoms with Gasteiger partial charge < -0.3 is 35.5 Å². The highest BCUT2D eigenvalue weighted by Crippen LogP contribution is 2.56. The number of aromatic amines is 2. The molecule has 4 aromatic heterocycles. The zero-order chi connectivity index (χ0) is 31.8. The van der Waals surface area contributed by atoms with Gasteiger partial charge in [-0.3, -0.25) is 41.8 Å². The fourth-order valence-electron chi connectivity index (χ4n) is 5.29. The van der Waals surface area contributed by atoms with Crippen LogP contribution in [0.25, 0.3) is 22.3 Å². The fourth-order valence-corrected chi connectivity index (χ4v) is 8.87.